The second-order valence-electron chi connectivity index (χ2n) is 5.49. The van der Waals surface area contributed by atoms with E-state index in [1.54, 1.807) is 12.1 Å². The van der Waals surface area contributed by atoms with E-state index in [-0.39, 0.29) is 12.7 Å². The van der Waals surface area contributed by atoms with Crippen molar-refractivity contribution in [2.45, 2.75) is 6.92 Å². The first-order valence-electron chi connectivity index (χ1n) is 8.14. The SMILES string of the molecule is CCOc1cc2c(cc1/C=C1/SC(=Nc3ccccc3)NC1=O)OCO2. The van der Waals surface area contributed by atoms with Crippen molar-refractivity contribution < 1.29 is 19.0 Å². The zero-order valence-electron chi connectivity index (χ0n) is 14.0. The van der Waals surface area contributed by atoms with E-state index in [1.165, 1.54) is 11.8 Å². The molecule has 0 spiro atoms. The first-order chi connectivity index (χ1) is 12.7. The second-order valence-corrected chi connectivity index (χ2v) is 6.52. The maximum atomic E-state index is 12.3. The lowest BCUT2D eigenvalue weighted by molar-refractivity contribution is -0.115. The van der Waals surface area contributed by atoms with Crippen molar-refractivity contribution in [3.05, 3.63) is 52.9 Å². The topological polar surface area (TPSA) is 69.2 Å². The first-order valence-corrected chi connectivity index (χ1v) is 8.95. The highest BCUT2D eigenvalue weighted by Crippen LogP contribution is 2.40. The lowest BCUT2D eigenvalue weighted by Crippen LogP contribution is -2.19. The molecule has 26 heavy (non-hydrogen) atoms. The van der Waals surface area contributed by atoms with Crippen LogP contribution in [0.1, 0.15) is 12.5 Å². The van der Waals surface area contributed by atoms with Crippen molar-refractivity contribution in [3.63, 3.8) is 0 Å². The van der Waals surface area contributed by atoms with Gasteiger partial charge in [-0.1, -0.05) is 18.2 Å². The van der Waals surface area contributed by atoms with Crippen molar-refractivity contribution >= 4 is 34.6 Å². The molecule has 0 aliphatic carbocycles. The summed E-state index contributed by atoms with van der Waals surface area (Å²) in [5, 5.41) is 3.33. The summed E-state index contributed by atoms with van der Waals surface area (Å²) in [5.74, 6) is 1.74. The normalized spacial score (nSPS) is 18.4. The van der Waals surface area contributed by atoms with Crippen LogP contribution < -0.4 is 19.5 Å². The van der Waals surface area contributed by atoms with Crippen molar-refractivity contribution in [3.8, 4) is 17.2 Å². The van der Waals surface area contributed by atoms with E-state index in [2.05, 4.69) is 10.3 Å². The van der Waals surface area contributed by atoms with Crippen LogP contribution in [0.25, 0.3) is 6.08 Å². The van der Waals surface area contributed by atoms with Crippen molar-refractivity contribution in [1.82, 2.24) is 5.32 Å². The van der Waals surface area contributed by atoms with Gasteiger partial charge in [-0.25, -0.2) is 4.99 Å². The summed E-state index contributed by atoms with van der Waals surface area (Å²) in [5.41, 5.74) is 1.55. The number of nitrogens with one attached hydrogen (secondary N) is 1. The van der Waals surface area contributed by atoms with Crippen LogP contribution in [0.15, 0.2) is 52.4 Å². The first kappa shape index (κ1) is 16.5. The average Bonchev–Trinajstić information content (AvgIpc) is 3.22. The maximum absolute atomic E-state index is 12.3. The molecule has 132 valence electrons. The van der Waals surface area contributed by atoms with Gasteiger partial charge in [-0.2, -0.15) is 0 Å². The number of hydrogen-bond donors (Lipinski definition) is 1. The third kappa shape index (κ3) is 3.39. The summed E-state index contributed by atoms with van der Waals surface area (Å²) in [7, 11) is 0. The molecule has 0 atom stereocenters. The number of ether oxygens (including phenoxy) is 3. The van der Waals surface area contributed by atoms with Gasteiger partial charge in [0.1, 0.15) is 5.75 Å². The zero-order valence-corrected chi connectivity index (χ0v) is 14.8. The monoisotopic (exact) mass is 368 g/mol. The molecule has 7 heteroatoms. The number of carbonyl (C=O) groups is 1. The highest BCUT2D eigenvalue weighted by molar-refractivity contribution is 8.18. The van der Waals surface area contributed by atoms with Crippen LogP contribution in [0.5, 0.6) is 17.2 Å². The molecule has 0 unspecified atom stereocenters. The molecule has 1 N–H and O–H groups in total. The predicted octanol–water partition coefficient (Wildman–Crippen LogP) is 3.71. The molecule has 2 aromatic carbocycles. The Morgan fingerprint density at radius 3 is 2.77 bits per heavy atom. The number of aliphatic imine (C=N–C) groups is 1. The second kappa shape index (κ2) is 7.13. The zero-order chi connectivity index (χ0) is 17.9. The molecule has 0 radical (unpaired) electrons. The Labute approximate surface area is 154 Å². The fourth-order valence-electron chi connectivity index (χ4n) is 2.57. The highest BCUT2D eigenvalue weighted by Gasteiger charge is 2.25. The van der Waals surface area contributed by atoms with Gasteiger partial charge in [0.15, 0.2) is 16.7 Å². The number of thioether (sulfide) groups is 1. The molecular formula is C19H16N2O4S. The number of para-hydroxylation sites is 1. The standard InChI is InChI=1S/C19H16N2O4S/c1-2-23-14-10-16-15(24-11-25-16)8-12(14)9-17-18(22)21-19(26-17)20-13-6-4-3-5-7-13/h3-10H,2,11H2,1H3,(H,20,21,22)/b17-9+. The minimum atomic E-state index is -0.190. The Bertz CT molecular complexity index is 909. The lowest BCUT2D eigenvalue weighted by atomic mass is 10.1. The molecule has 2 heterocycles. The van der Waals surface area contributed by atoms with Gasteiger partial charge in [-0.15, -0.1) is 0 Å². The lowest BCUT2D eigenvalue weighted by Gasteiger charge is -2.09. The van der Waals surface area contributed by atoms with Crippen LogP contribution in [0.2, 0.25) is 0 Å². The smallest absolute Gasteiger partial charge is 0.264 e. The van der Waals surface area contributed by atoms with Crippen molar-refractivity contribution in [2.75, 3.05) is 13.4 Å². The molecule has 1 fully saturated rings. The largest absolute Gasteiger partial charge is 0.493 e. The summed E-state index contributed by atoms with van der Waals surface area (Å²) in [6, 6.07) is 13.1. The molecule has 2 aromatic rings. The number of nitrogens with zero attached hydrogens (tertiary/aromatic N) is 1. The number of fused-ring (bicyclic) bond motifs is 1. The number of hydrogen-bond acceptors (Lipinski definition) is 6. The molecule has 2 aliphatic rings. The minimum absolute atomic E-state index is 0.185. The molecule has 2 aliphatic heterocycles. The van der Waals surface area contributed by atoms with Crippen LogP contribution in [0, 0.1) is 0 Å². The van der Waals surface area contributed by atoms with E-state index in [4.69, 9.17) is 14.2 Å². The van der Waals surface area contributed by atoms with Gasteiger partial charge in [0.05, 0.1) is 17.2 Å². The molecule has 6 nitrogen and oxygen atoms in total. The van der Waals surface area contributed by atoms with Gasteiger partial charge in [0.2, 0.25) is 6.79 Å². The van der Waals surface area contributed by atoms with Crippen LogP contribution in [0.3, 0.4) is 0 Å². The molecule has 0 saturated carbocycles. The summed E-state index contributed by atoms with van der Waals surface area (Å²) in [6.45, 7) is 2.60. The van der Waals surface area contributed by atoms with Gasteiger partial charge in [0, 0.05) is 11.6 Å². The van der Waals surface area contributed by atoms with Gasteiger partial charge >= 0.3 is 0 Å². The van der Waals surface area contributed by atoms with E-state index in [9.17, 15) is 4.79 Å². The van der Waals surface area contributed by atoms with Gasteiger partial charge in [-0.3, -0.25) is 4.79 Å². The Kier molecular flexibility index (Phi) is 4.53. The number of benzene rings is 2. The van der Waals surface area contributed by atoms with Crippen LogP contribution in [0.4, 0.5) is 5.69 Å². The fraction of sp³-hybridized carbons (Fsp3) is 0.158. The average molecular weight is 368 g/mol. The summed E-state index contributed by atoms with van der Waals surface area (Å²) >= 11 is 1.29. The maximum Gasteiger partial charge on any atom is 0.264 e. The fourth-order valence-corrected chi connectivity index (χ4v) is 3.41. The molecule has 4 rings (SSSR count). The number of rotatable bonds is 4. The van der Waals surface area contributed by atoms with E-state index in [0.717, 1.165) is 11.3 Å². The molecule has 1 amide bonds. The molecular weight excluding hydrogens is 352 g/mol. The van der Waals surface area contributed by atoms with Gasteiger partial charge < -0.3 is 19.5 Å². The highest BCUT2D eigenvalue weighted by atomic mass is 32.2. The van der Waals surface area contributed by atoms with Crippen molar-refractivity contribution in [1.29, 1.82) is 0 Å². The van der Waals surface area contributed by atoms with E-state index < -0.39 is 0 Å². The Hall–Kier alpha value is -2.93. The number of carbonyl (C=O) groups excluding carboxylic acids is 1. The van der Waals surface area contributed by atoms with E-state index in [1.807, 2.05) is 43.3 Å². The Balaban J connectivity index is 1.64. The number of amides is 1. The summed E-state index contributed by atoms with van der Waals surface area (Å²) in [4.78, 5) is 17.3. The van der Waals surface area contributed by atoms with Gasteiger partial charge in [-0.05, 0) is 43.0 Å². The third-order valence-corrected chi connectivity index (χ3v) is 4.64. The molecule has 0 bridgehead atoms. The summed E-state index contributed by atoms with van der Waals surface area (Å²) in [6.07, 6.45) is 1.78. The van der Waals surface area contributed by atoms with E-state index >= 15 is 0 Å². The minimum Gasteiger partial charge on any atom is -0.493 e. The van der Waals surface area contributed by atoms with Gasteiger partial charge in [0.25, 0.3) is 5.91 Å². The quantitative estimate of drug-likeness (QED) is 0.834. The van der Waals surface area contributed by atoms with Crippen LogP contribution >= 0.6 is 11.8 Å². The van der Waals surface area contributed by atoms with Crippen LogP contribution in [-0.2, 0) is 4.79 Å². The molecule has 1 saturated heterocycles. The Morgan fingerprint density at radius 2 is 2.00 bits per heavy atom. The molecule has 0 aromatic heterocycles. The van der Waals surface area contributed by atoms with E-state index in [0.29, 0.717) is 33.9 Å². The third-order valence-electron chi connectivity index (χ3n) is 3.73. The predicted molar refractivity (Wildman–Crippen MR) is 101 cm³/mol. The Morgan fingerprint density at radius 1 is 1.23 bits per heavy atom. The summed E-state index contributed by atoms with van der Waals surface area (Å²) < 4.78 is 16.5. The number of amidine groups is 1. The van der Waals surface area contributed by atoms with Crippen LogP contribution in [-0.4, -0.2) is 24.5 Å². The van der Waals surface area contributed by atoms with Crippen molar-refractivity contribution in [2.24, 2.45) is 4.99 Å².